The second kappa shape index (κ2) is 8.00. The summed E-state index contributed by atoms with van der Waals surface area (Å²) in [5.41, 5.74) is 2.99. The van der Waals surface area contributed by atoms with E-state index >= 15 is 0 Å². The summed E-state index contributed by atoms with van der Waals surface area (Å²) in [5, 5.41) is 9.84. The first kappa shape index (κ1) is 19.7. The number of rotatable bonds is 4. The Balaban J connectivity index is 1.80. The summed E-state index contributed by atoms with van der Waals surface area (Å²) in [5.74, 6) is 2.23. The maximum Gasteiger partial charge on any atom is 0.140 e. The van der Waals surface area contributed by atoms with E-state index in [2.05, 4.69) is 41.7 Å². The fourth-order valence-corrected chi connectivity index (χ4v) is 5.05. The molecule has 2 aliphatic rings. The van der Waals surface area contributed by atoms with Crippen LogP contribution in [0.3, 0.4) is 0 Å². The predicted molar refractivity (Wildman–Crippen MR) is 119 cm³/mol. The number of nitrogens with one attached hydrogen (secondary N) is 1. The summed E-state index contributed by atoms with van der Waals surface area (Å²) in [7, 11) is 0. The molecule has 4 rings (SSSR count). The monoisotopic (exact) mass is 418 g/mol. The van der Waals surface area contributed by atoms with Gasteiger partial charge in [0.05, 0.1) is 10.7 Å². The Hall–Kier alpha value is -1.65. The van der Waals surface area contributed by atoms with Crippen LogP contribution in [0.25, 0.3) is 16.9 Å². The lowest BCUT2D eigenvalue weighted by atomic mass is 9.98. The molecule has 0 spiro atoms. The van der Waals surface area contributed by atoms with Crippen molar-refractivity contribution in [1.82, 2.24) is 14.7 Å². The van der Waals surface area contributed by atoms with Crippen LogP contribution in [0.1, 0.15) is 51.6 Å². The van der Waals surface area contributed by atoms with E-state index in [0.717, 1.165) is 29.2 Å². The number of aryl methyl sites for hydroxylation is 1. The number of benzene rings is 1. The van der Waals surface area contributed by atoms with Crippen LogP contribution >= 0.6 is 23.2 Å². The number of piperidine rings is 1. The van der Waals surface area contributed by atoms with E-state index in [1.165, 1.54) is 37.9 Å². The lowest BCUT2D eigenvalue weighted by Gasteiger charge is -2.41. The average Bonchev–Trinajstić information content (AvgIpc) is 2.98. The zero-order valence-electron chi connectivity index (χ0n) is 16.8. The number of hydrogen-bond donors (Lipinski definition) is 1. The van der Waals surface area contributed by atoms with E-state index in [9.17, 15) is 0 Å². The van der Waals surface area contributed by atoms with Crippen molar-refractivity contribution < 1.29 is 0 Å². The normalized spacial score (nSPS) is 21.9. The van der Waals surface area contributed by atoms with Gasteiger partial charge in [-0.25, -0.2) is 4.68 Å². The van der Waals surface area contributed by atoms with Crippen LogP contribution in [0.2, 0.25) is 10.0 Å². The van der Waals surface area contributed by atoms with E-state index in [0.29, 0.717) is 16.1 Å². The van der Waals surface area contributed by atoms with Gasteiger partial charge in [-0.05, 0) is 57.7 Å². The maximum absolute atomic E-state index is 6.55. The zero-order valence-corrected chi connectivity index (χ0v) is 18.3. The van der Waals surface area contributed by atoms with Gasteiger partial charge in [0.15, 0.2) is 0 Å². The molecule has 2 aliphatic heterocycles. The standard InChI is InChI=1S/C22H28Cl2N4/c1-4-7-17-8-5-6-11-27(17)20-12-14(2)25-22-21(15(3)26-28(20)22)18-10-9-16(23)13-19(18)24/h9-10,12-14,17,25H,4-8,11H2,1-3H3. The maximum atomic E-state index is 6.55. The minimum absolute atomic E-state index is 0.229. The van der Waals surface area contributed by atoms with Crippen LogP contribution in [-0.4, -0.2) is 33.3 Å². The number of nitrogens with zero attached hydrogens (tertiary/aromatic N) is 3. The second-order valence-corrected chi connectivity index (χ2v) is 8.78. The lowest BCUT2D eigenvalue weighted by Crippen LogP contribution is -2.42. The Labute approximate surface area is 177 Å². The highest BCUT2D eigenvalue weighted by molar-refractivity contribution is 6.36. The third-order valence-electron chi connectivity index (χ3n) is 5.78. The van der Waals surface area contributed by atoms with E-state index < -0.39 is 0 Å². The van der Waals surface area contributed by atoms with Gasteiger partial charge in [0.1, 0.15) is 11.6 Å². The Morgan fingerprint density at radius 2 is 2.07 bits per heavy atom. The van der Waals surface area contributed by atoms with Crippen molar-refractivity contribution in [2.75, 3.05) is 11.9 Å². The summed E-state index contributed by atoms with van der Waals surface area (Å²) in [6, 6.07) is 6.49. The molecular weight excluding hydrogens is 391 g/mol. The highest BCUT2D eigenvalue weighted by atomic mass is 35.5. The van der Waals surface area contributed by atoms with Crippen molar-refractivity contribution in [3.63, 3.8) is 0 Å². The number of halogens is 2. The number of aromatic nitrogens is 2. The van der Waals surface area contributed by atoms with Crippen molar-refractivity contribution in [3.8, 4) is 11.1 Å². The first-order valence-electron chi connectivity index (χ1n) is 10.3. The molecule has 1 N–H and O–H groups in total. The molecule has 0 bridgehead atoms. The van der Waals surface area contributed by atoms with Crippen LogP contribution < -0.4 is 5.32 Å². The van der Waals surface area contributed by atoms with E-state index in [4.69, 9.17) is 28.3 Å². The summed E-state index contributed by atoms with van der Waals surface area (Å²) in [6.45, 7) is 7.61. The van der Waals surface area contributed by atoms with Crippen molar-refractivity contribution in [1.29, 1.82) is 0 Å². The molecule has 0 saturated carbocycles. The van der Waals surface area contributed by atoms with E-state index in [1.807, 2.05) is 12.1 Å². The van der Waals surface area contributed by atoms with Crippen LogP contribution in [0.5, 0.6) is 0 Å². The smallest absolute Gasteiger partial charge is 0.140 e. The molecule has 0 aliphatic carbocycles. The minimum Gasteiger partial charge on any atom is -0.363 e. The van der Waals surface area contributed by atoms with Gasteiger partial charge < -0.3 is 10.2 Å². The molecule has 2 aromatic rings. The molecule has 3 heterocycles. The molecular formula is C22H28Cl2N4. The molecule has 28 heavy (non-hydrogen) atoms. The molecule has 1 saturated heterocycles. The second-order valence-electron chi connectivity index (χ2n) is 7.93. The minimum atomic E-state index is 0.229. The first-order valence-corrected chi connectivity index (χ1v) is 11.1. The number of anilines is 1. The van der Waals surface area contributed by atoms with Crippen molar-refractivity contribution in [2.24, 2.45) is 0 Å². The number of fused-ring (bicyclic) bond motifs is 1. The molecule has 2 atom stereocenters. The van der Waals surface area contributed by atoms with Gasteiger partial charge in [-0.15, -0.1) is 0 Å². The lowest BCUT2D eigenvalue weighted by molar-refractivity contribution is 0.203. The fraction of sp³-hybridized carbons (Fsp3) is 0.500. The quantitative estimate of drug-likeness (QED) is 0.620. The van der Waals surface area contributed by atoms with Crippen LogP contribution in [0, 0.1) is 6.92 Å². The molecule has 1 fully saturated rings. The topological polar surface area (TPSA) is 33.1 Å². The van der Waals surface area contributed by atoms with E-state index in [-0.39, 0.29) is 6.04 Å². The van der Waals surface area contributed by atoms with Gasteiger partial charge in [-0.2, -0.15) is 5.10 Å². The molecule has 0 radical (unpaired) electrons. The van der Waals surface area contributed by atoms with Gasteiger partial charge in [-0.3, -0.25) is 0 Å². The third-order valence-corrected chi connectivity index (χ3v) is 6.33. The number of likely N-dealkylation sites (tertiary alicyclic amines) is 1. The zero-order chi connectivity index (χ0) is 19.8. The molecule has 1 aromatic carbocycles. The molecule has 2 unspecified atom stereocenters. The third kappa shape index (κ3) is 3.53. The summed E-state index contributed by atoms with van der Waals surface area (Å²) < 4.78 is 2.09. The molecule has 6 heteroatoms. The highest BCUT2D eigenvalue weighted by Gasteiger charge is 2.31. The molecule has 150 valence electrons. The van der Waals surface area contributed by atoms with Crippen molar-refractivity contribution in [2.45, 2.75) is 65.0 Å². The van der Waals surface area contributed by atoms with Gasteiger partial charge in [-0.1, -0.05) is 42.6 Å². The predicted octanol–water partition coefficient (Wildman–Crippen LogP) is 6.43. The highest BCUT2D eigenvalue weighted by Crippen LogP contribution is 2.41. The Bertz CT molecular complexity index is 900. The summed E-state index contributed by atoms with van der Waals surface area (Å²) in [4.78, 5) is 2.58. The van der Waals surface area contributed by atoms with Gasteiger partial charge >= 0.3 is 0 Å². The molecule has 0 amide bonds. The summed E-state index contributed by atoms with van der Waals surface area (Å²) >= 11 is 12.7. The molecule has 4 nitrogen and oxygen atoms in total. The van der Waals surface area contributed by atoms with Crippen LogP contribution in [0.15, 0.2) is 24.3 Å². The van der Waals surface area contributed by atoms with Crippen molar-refractivity contribution >= 4 is 34.8 Å². The number of hydrogen-bond acceptors (Lipinski definition) is 3. The van der Waals surface area contributed by atoms with Crippen LogP contribution in [-0.2, 0) is 0 Å². The van der Waals surface area contributed by atoms with Gasteiger partial charge in [0.25, 0.3) is 0 Å². The first-order chi connectivity index (χ1) is 13.5. The van der Waals surface area contributed by atoms with E-state index in [1.54, 1.807) is 6.07 Å². The summed E-state index contributed by atoms with van der Waals surface area (Å²) in [6.07, 6.45) is 8.56. The van der Waals surface area contributed by atoms with Gasteiger partial charge in [0, 0.05) is 34.8 Å². The van der Waals surface area contributed by atoms with Gasteiger partial charge in [0.2, 0.25) is 0 Å². The largest absolute Gasteiger partial charge is 0.363 e. The Kier molecular flexibility index (Phi) is 5.62. The molecule has 1 aromatic heterocycles. The average molecular weight is 419 g/mol. The fourth-order valence-electron chi connectivity index (χ4n) is 4.55. The van der Waals surface area contributed by atoms with Crippen molar-refractivity contribution in [3.05, 3.63) is 40.0 Å². The SMILES string of the molecule is CCCC1CCCCN1C1=CC(C)Nc2c(-c3ccc(Cl)cc3Cl)c(C)nn21. The Morgan fingerprint density at radius 3 is 2.82 bits per heavy atom. The Morgan fingerprint density at radius 1 is 1.25 bits per heavy atom. The van der Waals surface area contributed by atoms with Crippen LogP contribution in [0.4, 0.5) is 5.82 Å².